The molecular weight excluding hydrogens is 174 g/mol. The third-order valence-electron chi connectivity index (χ3n) is 2.87. The first-order chi connectivity index (χ1) is 6.93. The summed E-state index contributed by atoms with van der Waals surface area (Å²) in [5, 5.41) is 3.32. The van der Waals surface area contributed by atoms with Crippen molar-refractivity contribution in [1.29, 1.82) is 0 Å². The van der Waals surface area contributed by atoms with Crippen molar-refractivity contribution in [3.63, 3.8) is 0 Å². The Bertz CT molecular complexity index is 121. The Hall–Kier alpha value is -0.0800. The van der Waals surface area contributed by atoms with Gasteiger partial charge in [0.15, 0.2) is 0 Å². The van der Waals surface area contributed by atoms with Crippen molar-refractivity contribution >= 4 is 0 Å². The predicted molar refractivity (Wildman–Crippen MR) is 60.6 cm³/mol. The van der Waals surface area contributed by atoms with Gasteiger partial charge in [-0.1, -0.05) is 39.0 Å². The lowest BCUT2D eigenvalue weighted by atomic mass is 10.1. The van der Waals surface area contributed by atoms with E-state index in [4.69, 9.17) is 4.74 Å². The molecule has 0 bridgehead atoms. The van der Waals surface area contributed by atoms with Gasteiger partial charge in [0, 0.05) is 13.2 Å². The molecule has 1 fully saturated rings. The molecule has 0 aromatic carbocycles. The van der Waals surface area contributed by atoms with Gasteiger partial charge in [-0.15, -0.1) is 0 Å². The summed E-state index contributed by atoms with van der Waals surface area (Å²) in [4.78, 5) is 0. The highest BCUT2D eigenvalue weighted by Gasteiger charge is 2.13. The second-order valence-electron chi connectivity index (χ2n) is 4.25. The van der Waals surface area contributed by atoms with E-state index in [-0.39, 0.29) is 0 Å². The second kappa shape index (κ2) is 8.25. The van der Waals surface area contributed by atoms with Crippen LogP contribution in [-0.4, -0.2) is 25.8 Å². The van der Waals surface area contributed by atoms with Gasteiger partial charge in [0.25, 0.3) is 0 Å². The highest BCUT2D eigenvalue weighted by Crippen LogP contribution is 2.07. The number of unbranched alkanes of at least 4 members (excludes halogenated alkanes) is 5. The van der Waals surface area contributed by atoms with E-state index >= 15 is 0 Å². The van der Waals surface area contributed by atoms with Crippen LogP contribution < -0.4 is 5.32 Å². The Kier molecular flexibility index (Phi) is 7.06. The predicted octanol–water partition coefficient (Wildman–Crippen LogP) is 2.73. The minimum atomic E-state index is 0.505. The van der Waals surface area contributed by atoms with Crippen LogP contribution in [0, 0.1) is 0 Å². The second-order valence-corrected chi connectivity index (χ2v) is 4.25. The molecule has 1 N–H and O–H groups in total. The van der Waals surface area contributed by atoms with Crippen LogP contribution in [0.1, 0.15) is 51.9 Å². The average Bonchev–Trinajstić information content (AvgIpc) is 2.69. The maximum Gasteiger partial charge on any atom is 0.0711 e. The summed E-state index contributed by atoms with van der Waals surface area (Å²) in [5.74, 6) is 0. The van der Waals surface area contributed by atoms with Crippen molar-refractivity contribution < 1.29 is 4.74 Å². The fraction of sp³-hybridized carbons (Fsp3) is 1.00. The lowest BCUT2D eigenvalue weighted by Crippen LogP contribution is -2.17. The fourth-order valence-corrected chi connectivity index (χ4v) is 1.90. The van der Waals surface area contributed by atoms with E-state index in [1.54, 1.807) is 0 Å². The van der Waals surface area contributed by atoms with Gasteiger partial charge in [-0.05, 0) is 19.4 Å². The summed E-state index contributed by atoms with van der Waals surface area (Å²) in [6.45, 7) is 5.44. The van der Waals surface area contributed by atoms with E-state index in [1.807, 2.05) is 0 Å². The molecule has 0 amide bonds. The van der Waals surface area contributed by atoms with Crippen molar-refractivity contribution in [2.75, 3.05) is 19.7 Å². The Labute approximate surface area is 88.4 Å². The number of hydrogen-bond acceptors (Lipinski definition) is 2. The van der Waals surface area contributed by atoms with Gasteiger partial charge in [0.05, 0.1) is 6.10 Å². The van der Waals surface area contributed by atoms with Gasteiger partial charge in [-0.3, -0.25) is 0 Å². The molecule has 1 atom stereocenters. The summed E-state index contributed by atoms with van der Waals surface area (Å²) in [6.07, 6.45) is 9.83. The molecule has 0 aliphatic carbocycles. The molecule has 0 radical (unpaired) electrons. The molecule has 0 aromatic heterocycles. The number of ether oxygens (including phenoxy) is 1. The van der Waals surface area contributed by atoms with Crippen LogP contribution >= 0.6 is 0 Å². The highest BCUT2D eigenvalue weighted by molar-refractivity contribution is 4.70. The van der Waals surface area contributed by atoms with Crippen LogP contribution in [0.5, 0.6) is 0 Å². The van der Waals surface area contributed by atoms with Crippen molar-refractivity contribution in [3.05, 3.63) is 0 Å². The molecule has 0 aromatic rings. The largest absolute Gasteiger partial charge is 0.377 e. The molecule has 2 heteroatoms. The van der Waals surface area contributed by atoms with E-state index in [0.717, 1.165) is 19.7 Å². The van der Waals surface area contributed by atoms with E-state index in [2.05, 4.69) is 12.2 Å². The molecular formula is C12H25NO. The minimum absolute atomic E-state index is 0.505. The first-order valence-electron chi connectivity index (χ1n) is 6.26. The molecule has 0 unspecified atom stereocenters. The molecule has 0 spiro atoms. The lowest BCUT2D eigenvalue weighted by molar-refractivity contribution is 0.0641. The topological polar surface area (TPSA) is 21.3 Å². The van der Waals surface area contributed by atoms with Crippen molar-refractivity contribution in [2.45, 2.75) is 58.0 Å². The molecule has 2 nitrogen and oxygen atoms in total. The van der Waals surface area contributed by atoms with Crippen LogP contribution in [0.4, 0.5) is 0 Å². The molecule has 1 aliphatic heterocycles. The van der Waals surface area contributed by atoms with Crippen LogP contribution in [0.25, 0.3) is 0 Å². The van der Waals surface area contributed by atoms with Gasteiger partial charge in [-0.2, -0.15) is 0 Å². The quantitative estimate of drug-likeness (QED) is 0.607. The molecule has 84 valence electrons. The number of nitrogens with one attached hydrogen (secondary N) is 1. The number of hydrogen-bond donors (Lipinski definition) is 1. The monoisotopic (exact) mass is 199 g/mol. The summed E-state index contributed by atoms with van der Waals surface area (Å²) in [5.41, 5.74) is 0. The van der Waals surface area contributed by atoms with Gasteiger partial charge in [-0.25, -0.2) is 0 Å². The van der Waals surface area contributed by atoms with Crippen LogP contribution in [0.3, 0.4) is 0 Å². The lowest BCUT2D eigenvalue weighted by Gasteiger charge is -2.09. The zero-order valence-electron chi connectivity index (χ0n) is 9.56. The summed E-state index contributed by atoms with van der Waals surface area (Å²) in [6, 6.07) is 0. The normalized spacial score (nSPS) is 21.6. The standard InChI is InChI=1S/C12H25NO/c1-2-3-4-5-6-7-10-14-12-8-9-13-11-12/h12-13H,2-11H2,1H3/t12-/m1/s1. The zero-order chi connectivity index (χ0) is 10.1. The first-order valence-corrected chi connectivity index (χ1v) is 6.26. The van der Waals surface area contributed by atoms with Crippen molar-refractivity contribution in [2.24, 2.45) is 0 Å². The van der Waals surface area contributed by atoms with Crippen molar-refractivity contribution in [3.8, 4) is 0 Å². The van der Waals surface area contributed by atoms with E-state index in [0.29, 0.717) is 6.10 Å². The molecule has 1 rings (SSSR count). The maximum atomic E-state index is 5.75. The number of rotatable bonds is 8. The molecule has 1 aliphatic rings. The van der Waals surface area contributed by atoms with Gasteiger partial charge in [0.2, 0.25) is 0 Å². The molecule has 1 saturated heterocycles. The summed E-state index contributed by atoms with van der Waals surface area (Å²) in [7, 11) is 0. The van der Waals surface area contributed by atoms with Gasteiger partial charge in [0.1, 0.15) is 0 Å². The summed E-state index contributed by atoms with van der Waals surface area (Å²) < 4.78 is 5.75. The SMILES string of the molecule is CCCCCCCCO[C@@H]1CCNC1. The third-order valence-corrected chi connectivity index (χ3v) is 2.87. The zero-order valence-corrected chi connectivity index (χ0v) is 9.56. The van der Waals surface area contributed by atoms with Crippen LogP contribution in [0.2, 0.25) is 0 Å². The Balaban J connectivity index is 1.75. The van der Waals surface area contributed by atoms with E-state index < -0.39 is 0 Å². The van der Waals surface area contributed by atoms with E-state index in [1.165, 1.54) is 44.9 Å². The third kappa shape index (κ3) is 5.61. The molecule has 0 saturated carbocycles. The first kappa shape index (κ1) is 12.0. The maximum absolute atomic E-state index is 5.75. The highest BCUT2D eigenvalue weighted by atomic mass is 16.5. The smallest absolute Gasteiger partial charge is 0.0711 e. The van der Waals surface area contributed by atoms with Crippen LogP contribution in [0.15, 0.2) is 0 Å². The Morgan fingerprint density at radius 2 is 1.93 bits per heavy atom. The molecule has 1 heterocycles. The van der Waals surface area contributed by atoms with Gasteiger partial charge >= 0.3 is 0 Å². The fourth-order valence-electron chi connectivity index (χ4n) is 1.90. The van der Waals surface area contributed by atoms with E-state index in [9.17, 15) is 0 Å². The van der Waals surface area contributed by atoms with Gasteiger partial charge < -0.3 is 10.1 Å². The Morgan fingerprint density at radius 3 is 2.64 bits per heavy atom. The van der Waals surface area contributed by atoms with Crippen LogP contribution in [-0.2, 0) is 4.74 Å². The minimum Gasteiger partial charge on any atom is -0.377 e. The van der Waals surface area contributed by atoms with Crippen molar-refractivity contribution in [1.82, 2.24) is 5.32 Å². The Morgan fingerprint density at radius 1 is 1.14 bits per heavy atom. The summed E-state index contributed by atoms with van der Waals surface area (Å²) >= 11 is 0. The molecule has 14 heavy (non-hydrogen) atoms. The average molecular weight is 199 g/mol.